The number of hydrogen-bond acceptors (Lipinski definition) is 3. The Morgan fingerprint density at radius 2 is 1.94 bits per heavy atom. The minimum Gasteiger partial charge on any atom is -0.370 e. The summed E-state index contributed by atoms with van der Waals surface area (Å²) in [6.45, 7) is 7.17. The van der Waals surface area contributed by atoms with Crippen molar-refractivity contribution in [3.63, 3.8) is 0 Å². The Labute approximate surface area is 97.0 Å². The minimum absolute atomic E-state index is 0.306. The van der Waals surface area contributed by atoms with Gasteiger partial charge in [0, 0.05) is 6.04 Å². The lowest BCUT2D eigenvalue weighted by molar-refractivity contribution is 0.290. The highest BCUT2D eigenvalue weighted by molar-refractivity contribution is 5.80. The summed E-state index contributed by atoms with van der Waals surface area (Å²) in [6, 6.07) is 9.32. The molecule has 0 radical (unpaired) electrons. The second-order valence-electron chi connectivity index (χ2n) is 4.63. The van der Waals surface area contributed by atoms with Gasteiger partial charge < -0.3 is 10.6 Å². The van der Waals surface area contributed by atoms with E-state index in [1.807, 2.05) is 0 Å². The van der Waals surface area contributed by atoms with Gasteiger partial charge in [0.05, 0.1) is 12.6 Å². The van der Waals surface area contributed by atoms with Crippen LogP contribution in [0.3, 0.4) is 0 Å². The van der Waals surface area contributed by atoms with Crippen molar-refractivity contribution in [2.24, 2.45) is 10.7 Å². The van der Waals surface area contributed by atoms with Crippen molar-refractivity contribution in [3.05, 3.63) is 35.4 Å². The Morgan fingerprint density at radius 3 is 2.50 bits per heavy atom. The molecule has 16 heavy (non-hydrogen) atoms. The fraction of sp³-hybridized carbons (Fsp3) is 0.462. The van der Waals surface area contributed by atoms with Gasteiger partial charge in [0.1, 0.15) is 0 Å². The van der Waals surface area contributed by atoms with Crippen LogP contribution >= 0.6 is 0 Å². The van der Waals surface area contributed by atoms with Crippen LogP contribution in [0.15, 0.2) is 29.3 Å². The largest absolute Gasteiger partial charge is 0.370 e. The molecule has 3 heteroatoms. The highest BCUT2D eigenvalue weighted by Gasteiger charge is 2.28. The number of guanidine groups is 1. The molecular weight excluding hydrogens is 198 g/mol. The molecule has 1 unspecified atom stereocenters. The van der Waals surface area contributed by atoms with E-state index in [4.69, 9.17) is 5.73 Å². The predicted molar refractivity (Wildman–Crippen MR) is 67.4 cm³/mol. The summed E-state index contributed by atoms with van der Waals surface area (Å²) in [5, 5.41) is 0. The van der Waals surface area contributed by atoms with Crippen LogP contribution in [0.4, 0.5) is 0 Å². The van der Waals surface area contributed by atoms with Gasteiger partial charge in [-0.2, -0.15) is 0 Å². The smallest absolute Gasteiger partial charge is 0.192 e. The monoisotopic (exact) mass is 217 g/mol. The maximum Gasteiger partial charge on any atom is 0.192 e. The first-order chi connectivity index (χ1) is 7.59. The number of rotatable bonds is 2. The Balaban J connectivity index is 2.25. The van der Waals surface area contributed by atoms with E-state index >= 15 is 0 Å². The summed E-state index contributed by atoms with van der Waals surface area (Å²) in [6.07, 6.45) is 0. The molecule has 2 N–H and O–H groups in total. The molecular formula is C13H19N3. The summed E-state index contributed by atoms with van der Waals surface area (Å²) in [5.74, 6) is 0.667. The zero-order valence-corrected chi connectivity index (χ0v) is 10.1. The molecule has 1 aromatic carbocycles. The minimum atomic E-state index is 0.306. The molecule has 0 aromatic heterocycles. The summed E-state index contributed by atoms with van der Waals surface area (Å²) in [5.41, 5.74) is 8.49. The molecule has 1 atom stereocenters. The van der Waals surface area contributed by atoms with E-state index in [1.54, 1.807) is 0 Å². The number of hydrogen-bond donors (Lipinski definition) is 1. The van der Waals surface area contributed by atoms with Crippen molar-refractivity contribution in [2.75, 3.05) is 6.54 Å². The molecule has 2 rings (SSSR count). The van der Waals surface area contributed by atoms with Gasteiger partial charge in [0.25, 0.3) is 0 Å². The Bertz CT molecular complexity index is 392. The van der Waals surface area contributed by atoms with Crippen LogP contribution in [0.1, 0.15) is 31.0 Å². The normalized spacial score (nSPS) is 20.4. The first kappa shape index (κ1) is 11.0. The molecule has 1 aromatic rings. The van der Waals surface area contributed by atoms with Crippen LogP contribution in [-0.4, -0.2) is 23.4 Å². The zero-order chi connectivity index (χ0) is 11.7. The third-order valence-electron chi connectivity index (χ3n) is 3.05. The number of nitrogens with two attached hydrogens (primary N) is 1. The van der Waals surface area contributed by atoms with E-state index in [1.165, 1.54) is 11.1 Å². The van der Waals surface area contributed by atoms with E-state index in [-0.39, 0.29) is 0 Å². The third kappa shape index (κ3) is 1.90. The number of nitrogens with zero attached hydrogens (tertiary/aromatic N) is 2. The van der Waals surface area contributed by atoms with Gasteiger partial charge in [-0.15, -0.1) is 0 Å². The summed E-state index contributed by atoms with van der Waals surface area (Å²) >= 11 is 0. The van der Waals surface area contributed by atoms with Crippen molar-refractivity contribution in [1.29, 1.82) is 0 Å². The van der Waals surface area contributed by atoms with Gasteiger partial charge in [-0.05, 0) is 26.3 Å². The van der Waals surface area contributed by atoms with Crippen LogP contribution in [0.25, 0.3) is 0 Å². The molecule has 0 spiro atoms. The average molecular weight is 217 g/mol. The maximum absolute atomic E-state index is 5.91. The van der Waals surface area contributed by atoms with Crippen molar-refractivity contribution < 1.29 is 0 Å². The van der Waals surface area contributed by atoms with Crippen LogP contribution in [0.2, 0.25) is 0 Å². The van der Waals surface area contributed by atoms with E-state index < -0.39 is 0 Å². The lowest BCUT2D eigenvalue weighted by atomic mass is 10.0. The van der Waals surface area contributed by atoms with Gasteiger partial charge in [0.15, 0.2) is 5.96 Å². The van der Waals surface area contributed by atoms with Crippen LogP contribution in [0.5, 0.6) is 0 Å². The topological polar surface area (TPSA) is 41.6 Å². The molecule has 1 aliphatic rings. The average Bonchev–Trinajstić information content (AvgIpc) is 2.61. The Morgan fingerprint density at radius 1 is 1.31 bits per heavy atom. The Kier molecular flexibility index (Phi) is 2.86. The van der Waals surface area contributed by atoms with Gasteiger partial charge in [-0.25, -0.2) is 0 Å². The quantitative estimate of drug-likeness (QED) is 0.824. The van der Waals surface area contributed by atoms with Crippen molar-refractivity contribution >= 4 is 5.96 Å². The molecule has 1 heterocycles. The van der Waals surface area contributed by atoms with E-state index in [0.29, 0.717) is 18.0 Å². The van der Waals surface area contributed by atoms with Crippen LogP contribution in [-0.2, 0) is 0 Å². The maximum atomic E-state index is 5.91. The van der Waals surface area contributed by atoms with E-state index in [2.05, 4.69) is 54.9 Å². The summed E-state index contributed by atoms with van der Waals surface area (Å²) in [7, 11) is 0. The second-order valence-corrected chi connectivity index (χ2v) is 4.63. The van der Waals surface area contributed by atoms with Crippen molar-refractivity contribution in [1.82, 2.24) is 4.90 Å². The molecule has 0 amide bonds. The number of benzene rings is 1. The van der Waals surface area contributed by atoms with Crippen molar-refractivity contribution in [3.8, 4) is 0 Å². The molecule has 0 aliphatic carbocycles. The highest BCUT2D eigenvalue weighted by Crippen LogP contribution is 2.27. The molecule has 0 saturated heterocycles. The fourth-order valence-corrected chi connectivity index (χ4v) is 2.19. The number of aliphatic imine (C=N–C) groups is 1. The van der Waals surface area contributed by atoms with Gasteiger partial charge in [-0.1, -0.05) is 29.8 Å². The van der Waals surface area contributed by atoms with Crippen molar-refractivity contribution in [2.45, 2.75) is 32.9 Å². The molecule has 0 saturated carbocycles. The lowest BCUT2D eigenvalue weighted by Crippen LogP contribution is -2.40. The highest BCUT2D eigenvalue weighted by atomic mass is 15.3. The summed E-state index contributed by atoms with van der Waals surface area (Å²) < 4.78 is 0. The first-order valence-electron chi connectivity index (χ1n) is 5.74. The van der Waals surface area contributed by atoms with Crippen LogP contribution < -0.4 is 5.73 Å². The summed E-state index contributed by atoms with van der Waals surface area (Å²) in [4.78, 5) is 6.52. The SMILES string of the molecule is Cc1ccc(C2CN=C(N)N2C(C)C)cc1. The molecule has 0 fully saturated rings. The number of aryl methyl sites for hydroxylation is 1. The first-order valence-corrected chi connectivity index (χ1v) is 5.74. The molecule has 1 aliphatic heterocycles. The van der Waals surface area contributed by atoms with Gasteiger partial charge >= 0.3 is 0 Å². The molecule has 86 valence electrons. The van der Waals surface area contributed by atoms with E-state index in [0.717, 1.165) is 6.54 Å². The third-order valence-corrected chi connectivity index (χ3v) is 3.05. The van der Waals surface area contributed by atoms with E-state index in [9.17, 15) is 0 Å². The standard InChI is InChI=1S/C13H19N3/c1-9(2)16-12(8-15-13(16)14)11-6-4-10(3)5-7-11/h4-7,9,12H,8H2,1-3H3,(H2,14,15). The molecule has 0 bridgehead atoms. The predicted octanol–water partition coefficient (Wildman–Crippen LogP) is 2.07. The second kappa shape index (κ2) is 4.16. The Hall–Kier alpha value is -1.51. The zero-order valence-electron chi connectivity index (χ0n) is 10.1. The van der Waals surface area contributed by atoms with Gasteiger partial charge in [0.2, 0.25) is 0 Å². The fourth-order valence-electron chi connectivity index (χ4n) is 2.19. The van der Waals surface area contributed by atoms with Gasteiger partial charge in [-0.3, -0.25) is 4.99 Å². The molecule has 3 nitrogen and oxygen atoms in total. The van der Waals surface area contributed by atoms with Crippen LogP contribution in [0, 0.1) is 6.92 Å². The lowest BCUT2D eigenvalue weighted by Gasteiger charge is -2.30.